The van der Waals surface area contributed by atoms with Crippen LogP contribution in [0.25, 0.3) is 11.1 Å². The molecule has 0 N–H and O–H groups in total. The third-order valence-corrected chi connectivity index (χ3v) is 4.67. The zero-order valence-electron chi connectivity index (χ0n) is 16.3. The number of imide groups is 1. The SMILES string of the molecule is CN(C)CCN1C(=O)C(c2ccc([N+](=O)[O-])cc2)=C(c2ccc([N+](=O)[O-])cc2)C1=O. The number of nitrogens with zero attached hydrogens (tertiary/aromatic N) is 4. The number of carbonyl (C=O) groups is 2. The molecule has 0 saturated heterocycles. The van der Waals surface area contributed by atoms with E-state index in [0.717, 1.165) is 4.90 Å². The summed E-state index contributed by atoms with van der Waals surface area (Å²) in [6.45, 7) is 0.621. The van der Waals surface area contributed by atoms with Gasteiger partial charge in [0.2, 0.25) is 0 Å². The Balaban J connectivity index is 2.11. The third-order valence-electron chi connectivity index (χ3n) is 4.67. The number of rotatable bonds is 7. The van der Waals surface area contributed by atoms with E-state index >= 15 is 0 Å². The minimum Gasteiger partial charge on any atom is -0.308 e. The molecule has 0 unspecified atom stereocenters. The lowest BCUT2D eigenvalue weighted by atomic mass is 9.96. The number of nitro groups is 2. The van der Waals surface area contributed by atoms with Gasteiger partial charge in [-0.1, -0.05) is 0 Å². The monoisotopic (exact) mass is 410 g/mol. The predicted octanol–water partition coefficient (Wildman–Crippen LogP) is 2.34. The Morgan fingerprint density at radius 3 is 1.43 bits per heavy atom. The Bertz CT molecular complexity index is 978. The molecule has 1 aliphatic rings. The topological polar surface area (TPSA) is 127 Å². The van der Waals surface area contributed by atoms with Crippen LogP contribution >= 0.6 is 0 Å². The summed E-state index contributed by atoms with van der Waals surface area (Å²) in [6, 6.07) is 10.7. The first-order chi connectivity index (χ1) is 14.2. The zero-order valence-corrected chi connectivity index (χ0v) is 16.3. The van der Waals surface area contributed by atoms with Crippen LogP contribution in [0.4, 0.5) is 11.4 Å². The van der Waals surface area contributed by atoms with Gasteiger partial charge in [0.1, 0.15) is 0 Å². The zero-order chi connectivity index (χ0) is 22.0. The first-order valence-corrected chi connectivity index (χ1v) is 8.95. The Kier molecular flexibility index (Phi) is 5.70. The van der Waals surface area contributed by atoms with Gasteiger partial charge in [0.15, 0.2) is 0 Å². The van der Waals surface area contributed by atoms with Crippen LogP contribution in [0.15, 0.2) is 48.5 Å². The second kappa shape index (κ2) is 8.21. The van der Waals surface area contributed by atoms with Gasteiger partial charge in [-0.05, 0) is 49.5 Å². The molecule has 10 nitrogen and oxygen atoms in total. The number of amides is 2. The highest BCUT2D eigenvalue weighted by atomic mass is 16.6. The maximum atomic E-state index is 13.1. The van der Waals surface area contributed by atoms with Crippen molar-refractivity contribution in [2.45, 2.75) is 0 Å². The van der Waals surface area contributed by atoms with E-state index in [4.69, 9.17) is 0 Å². The van der Waals surface area contributed by atoms with Crippen molar-refractivity contribution in [3.05, 3.63) is 79.9 Å². The molecule has 0 fully saturated rings. The molecule has 0 bridgehead atoms. The van der Waals surface area contributed by atoms with Gasteiger partial charge in [0.25, 0.3) is 23.2 Å². The summed E-state index contributed by atoms with van der Waals surface area (Å²) in [6.07, 6.45) is 0. The number of benzene rings is 2. The van der Waals surface area contributed by atoms with Crippen LogP contribution in [0.5, 0.6) is 0 Å². The smallest absolute Gasteiger partial charge is 0.269 e. The maximum Gasteiger partial charge on any atom is 0.269 e. The lowest BCUT2D eigenvalue weighted by molar-refractivity contribution is -0.385. The van der Waals surface area contributed by atoms with Crippen LogP contribution in [0.3, 0.4) is 0 Å². The minimum atomic E-state index is -0.555. The van der Waals surface area contributed by atoms with Gasteiger partial charge in [-0.3, -0.25) is 34.7 Å². The molecule has 1 aliphatic heterocycles. The third kappa shape index (κ3) is 3.94. The lowest BCUT2D eigenvalue weighted by Gasteiger charge is -2.18. The van der Waals surface area contributed by atoms with Crippen molar-refractivity contribution >= 4 is 34.3 Å². The predicted molar refractivity (Wildman–Crippen MR) is 108 cm³/mol. The number of non-ortho nitro benzene ring substituents is 2. The molecule has 0 aromatic heterocycles. The summed E-state index contributed by atoms with van der Waals surface area (Å²) < 4.78 is 0. The van der Waals surface area contributed by atoms with Crippen molar-refractivity contribution in [2.24, 2.45) is 0 Å². The van der Waals surface area contributed by atoms with E-state index in [1.165, 1.54) is 48.5 Å². The highest BCUT2D eigenvalue weighted by Crippen LogP contribution is 2.36. The number of carbonyl (C=O) groups excluding carboxylic acids is 2. The van der Waals surface area contributed by atoms with Crippen LogP contribution in [0.2, 0.25) is 0 Å². The molecule has 0 saturated carbocycles. The quantitative estimate of drug-likeness (QED) is 0.389. The molecule has 2 aromatic rings. The van der Waals surface area contributed by atoms with Gasteiger partial charge >= 0.3 is 0 Å². The maximum absolute atomic E-state index is 13.1. The number of hydrogen-bond donors (Lipinski definition) is 0. The molecule has 2 amide bonds. The van der Waals surface area contributed by atoms with E-state index in [0.29, 0.717) is 17.7 Å². The van der Waals surface area contributed by atoms with Gasteiger partial charge in [-0.2, -0.15) is 0 Å². The normalized spacial score (nSPS) is 14.0. The molecule has 0 aliphatic carbocycles. The number of likely N-dealkylation sites (N-methyl/N-ethyl adjacent to an activating group) is 1. The summed E-state index contributed by atoms with van der Waals surface area (Å²) >= 11 is 0. The summed E-state index contributed by atoms with van der Waals surface area (Å²) in [4.78, 5) is 49.9. The number of nitro benzene ring substituents is 2. The van der Waals surface area contributed by atoms with E-state index in [1.807, 2.05) is 19.0 Å². The molecule has 0 radical (unpaired) electrons. The Morgan fingerprint density at radius 1 is 0.767 bits per heavy atom. The molecule has 2 aromatic carbocycles. The second-order valence-electron chi connectivity index (χ2n) is 6.92. The van der Waals surface area contributed by atoms with E-state index in [2.05, 4.69) is 0 Å². The summed E-state index contributed by atoms with van der Waals surface area (Å²) in [7, 11) is 3.62. The Hall–Kier alpha value is -3.92. The van der Waals surface area contributed by atoms with Crippen LogP contribution in [-0.4, -0.2) is 58.6 Å². The molecule has 3 rings (SSSR count). The van der Waals surface area contributed by atoms with Gasteiger partial charge in [0.05, 0.1) is 21.0 Å². The van der Waals surface area contributed by atoms with Crippen LogP contribution < -0.4 is 0 Å². The van der Waals surface area contributed by atoms with Gasteiger partial charge < -0.3 is 4.90 Å². The molecule has 0 atom stereocenters. The van der Waals surface area contributed by atoms with Crippen molar-refractivity contribution in [1.82, 2.24) is 9.80 Å². The van der Waals surface area contributed by atoms with Crippen LogP contribution in [-0.2, 0) is 9.59 Å². The fraction of sp³-hybridized carbons (Fsp3) is 0.200. The first kappa shape index (κ1) is 20.8. The van der Waals surface area contributed by atoms with E-state index in [1.54, 1.807) is 0 Å². The highest BCUT2D eigenvalue weighted by molar-refractivity contribution is 6.49. The second-order valence-corrected chi connectivity index (χ2v) is 6.92. The standard InChI is InChI=1S/C20H18N4O6/c1-21(2)11-12-22-19(25)17(13-3-7-15(8-4-13)23(27)28)18(20(22)26)14-5-9-16(10-6-14)24(29)30/h3-10H,11-12H2,1-2H3. The molecular formula is C20H18N4O6. The molecule has 30 heavy (non-hydrogen) atoms. The van der Waals surface area contributed by atoms with Gasteiger partial charge in [0, 0.05) is 37.4 Å². The molecule has 0 spiro atoms. The van der Waals surface area contributed by atoms with Gasteiger partial charge in [-0.15, -0.1) is 0 Å². The van der Waals surface area contributed by atoms with Crippen molar-refractivity contribution in [3.8, 4) is 0 Å². The summed E-state index contributed by atoms with van der Waals surface area (Å²) in [5.41, 5.74) is 0.666. The highest BCUT2D eigenvalue weighted by Gasteiger charge is 2.39. The fourth-order valence-corrected chi connectivity index (χ4v) is 3.11. The van der Waals surface area contributed by atoms with E-state index < -0.39 is 21.7 Å². The van der Waals surface area contributed by atoms with Crippen LogP contribution in [0, 0.1) is 20.2 Å². The van der Waals surface area contributed by atoms with Crippen molar-refractivity contribution < 1.29 is 19.4 Å². The molecule has 10 heteroatoms. The average molecular weight is 410 g/mol. The van der Waals surface area contributed by atoms with E-state index in [-0.39, 0.29) is 29.1 Å². The van der Waals surface area contributed by atoms with Crippen molar-refractivity contribution in [3.63, 3.8) is 0 Å². The summed E-state index contributed by atoms with van der Waals surface area (Å²) in [5.74, 6) is -1.02. The van der Waals surface area contributed by atoms with Crippen molar-refractivity contribution in [2.75, 3.05) is 27.2 Å². The Labute approximate surface area is 171 Å². The lowest BCUT2D eigenvalue weighted by Crippen LogP contribution is -2.37. The molecule has 1 heterocycles. The molecular weight excluding hydrogens is 392 g/mol. The fourth-order valence-electron chi connectivity index (χ4n) is 3.11. The minimum absolute atomic E-state index is 0.113. The first-order valence-electron chi connectivity index (χ1n) is 8.95. The van der Waals surface area contributed by atoms with Crippen molar-refractivity contribution in [1.29, 1.82) is 0 Å². The Morgan fingerprint density at radius 2 is 1.13 bits per heavy atom. The molecule has 154 valence electrons. The number of hydrogen-bond acceptors (Lipinski definition) is 7. The van der Waals surface area contributed by atoms with Crippen LogP contribution in [0.1, 0.15) is 11.1 Å². The van der Waals surface area contributed by atoms with E-state index in [9.17, 15) is 29.8 Å². The van der Waals surface area contributed by atoms with Gasteiger partial charge in [-0.25, -0.2) is 0 Å². The summed E-state index contributed by atoms with van der Waals surface area (Å²) in [5, 5.41) is 21.9. The average Bonchev–Trinajstić information content (AvgIpc) is 2.96. The largest absolute Gasteiger partial charge is 0.308 e.